The Bertz CT molecular complexity index is 323. The summed E-state index contributed by atoms with van der Waals surface area (Å²) in [5, 5.41) is 3.31. The van der Waals surface area contributed by atoms with E-state index < -0.39 is 0 Å². The summed E-state index contributed by atoms with van der Waals surface area (Å²) in [5.74, 6) is 1.75. The van der Waals surface area contributed by atoms with Gasteiger partial charge in [0.2, 0.25) is 0 Å². The first-order chi connectivity index (χ1) is 7.61. The fraction of sp³-hybridized carbons (Fsp3) is 0.667. The van der Waals surface area contributed by atoms with Gasteiger partial charge in [-0.3, -0.25) is 0 Å². The average molecular weight is 222 g/mol. The van der Waals surface area contributed by atoms with Gasteiger partial charge in [-0.25, -0.2) is 9.97 Å². The molecule has 0 aromatic carbocycles. The molecule has 0 aliphatic carbocycles. The van der Waals surface area contributed by atoms with Crippen molar-refractivity contribution in [2.75, 3.05) is 11.9 Å². The van der Waals surface area contributed by atoms with Gasteiger partial charge in [0.25, 0.3) is 0 Å². The number of hydrogen-bond donors (Lipinski definition) is 2. The molecule has 1 atom stereocenters. The highest BCUT2D eigenvalue weighted by atomic mass is 15.0. The van der Waals surface area contributed by atoms with E-state index in [4.69, 9.17) is 5.73 Å². The first-order valence-electron chi connectivity index (χ1n) is 5.95. The van der Waals surface area contributed by atoms with E-state index in [0.29, 0.717) is 0 Å². The minimum absolute atomic E-state index is 0.278. The van der Waals surface area contributed by atoms with Crippen LogP contribution in [-0.2, 0) is 6.42 Å². The minimum atomic E-state index is 0.278. The third-order valence-electron chi connectivity index (χ3n) is 2.40. The molecule has 1 aromatic rings. The van der Waals surface area contributed by atoms with Crippen molar-refractivity contribution < 1.29 is 0 Å². The van der Waals surface area contributed by atoms with Gasteiger partial charge in [-0.2, -0.15) is 0 Å². The maximum atomic E-state index is 5.69. The molecule has 1 heterocycles. The van der Waals surface area contributed by atoms with Crippen molar-refractivity contribution in [2.45, 2.75) is 46.1 Å². The molecule has 0 aliphatic rings. The van der Waals surface area contributed by atoms with E-state index in [-0.39, 0.29) is 6.04 Å². The van der Waals surface area contributed by atoms with Crippen LogP contribution in [0.4, 0.5) is 5.82 Å². The van der Waals surface area contributed by atoms with Crippen LogP contribution in [0.3, 0.4) is 0 Å². The summed E-state index contributed by atoms with van der Waals surface area (Å²) < 4.78 is 0. The Labute approximate surface area is 97.7 Å². The molecular weight excluding hydrogens is 200 g/mol. The van der Waals surface area contributed by atoms with Crippen LogP contribution in [0.25, 0.3) is 0 Å². The highest BCUT2D eigenvalue weighted by Gasteiger charge is 2.00. The lowest BCUT2D eigenvalue weighted by Crippen LogP contribution is -2.16. The Morgan fingerprint density at radius 1 is 1.44 bits per heavy atom. The summed E-state index contributed by atoms with van der Waals surface area (Å²) in [5.41, 5.74) is 6.77. The molecule has 90 valence electrons. The van der Waals surface area contributed by atoms with E-state index in [1.165, 1.54) is 0 Å². The second-order valence-electron chi connectivity index (χ2n) is 4.19. The van der Waals surface area contributed by atoms with E-state index in [2.05, 4.69) is 22.2 Å². The Morgan fingerprint density at radius 2 is 2.19 bits per heavy atom. The van der Waals surface area contributed by atoms with Crippen molar-refractivity contribution >= 4 is 5.82 Å². The quantitative estimate of drug-likeness (QED) is 0.721. The number of nitrogens with zero attached hydrogens (tertiary/aromatic N) is 2. The van der Waals surface area contributed by atoms with Gasteiger partial charge in [0.1, 0.15) is 11.6 Å². The first kappa shape index (κ1) is 12.9. The second-order valence-corrected chi connectivity index (χ2v) is 4.19. The van der Waals surface area contributed by atoms with Crippen molar-refractivity contribution in [1.82, 2.24) is 9.97 Å². The summed E-state index contributed by atoms with van der Waals surface area (Å²) in [7, 11) is 0. The second kappa shape index (κ2) is 6.43. The highest BCUT2D eigenvalue weighted by Crippen LogP contribution is 2.07. The van der Waals surface area contributed by atoms with Crippen molar-refractivity contribution in [1.29, 1.82) is 0 Å². The van der Waals surface area contributed by atoms with Crippen LogP contribution in [-0.4, -0.2) is 22.6 Å². The molecule has 0 saturated carbocycles. The number of anilines is 1. The van der Waals surface area contributed by atoms with Crippen molar-refractivity contribution in [3.05, 3.63) is 17.6 Å². The molecule has 0 fully saturated rings. The summed E-state index contributed by atoms with van der Waals surface area (Å²) >= 11 is 0. The molecule has 0 saturated heterocycles. The fourth-order valence-corrected chi connectivity index (χ4v) is 1.54. The number of nitrogens with one attached hydrogen (secondary N) is 1. The molecule has 0 bridgehead atoms. The molecule has 3 N–H and O–H groups in total. The molecule has 1 rings (SSSR count). The Kier molecular flexibility index (Phi) is 5.19. The summed E-state index contributed by atoms with van der Waals surface area (Å²) in [4.78, 5) is 8.68. The van der Waals surface area contributed by atoms with Gasteiger partial charge >= 0.3 is 0 Å². The molecule has 1 unspecified atom stereocenters. The molecule has 16 heavy (non-hydrogen) atoms. The van der Waals surface area contributed by atoms with Crippen LogP contribution in [0.5, 0.6) is 0 Å². The summed E-state index contributed by atoms with van der Waals surface area (Å²) in [6, 6.07) is 2.29. The molecule has 0 spiro atoms. The standard InChI is InChI=1S/C12H22N4/c1-4-11-8-12(16-10(3)15-11)14-7-5-6-9(2)13/h8-9H,4-7,13H2,1-3H3,(H,14,15,16). The van der Waals surface area contributed by atoms with Gasteiger partial charge in [0, 0.05) is 24.3 Å². The van der Waals surface area contributed by atoms with Gasteiger partial charge in [0.05, 0.1) is 0 Å². The topological polar surface area (TPSA) is 63.8 Å². The fourth-order valence-electron chi connectivity index (χ4n) is 1.54. The zero-order valence-corrected chi connectivity index (χ0v) is 10.5. The summed E-state index contributed by atoms with van der Waals surface area (Å²) in [6.45, 7) is 6.97. The van der Waals surface area contributed by atoms with Gasteiger partial charge < -0.3 is 11.1 Å². The Hall–Kier alpha value is -1.16. The molecule has 4 heteroatoms. The average Bonchev–Trinajstić information content (AvgIpc) is 2.23. The van der Waals surface area contributed by atoms with Crippen LogP contribution in [0, 0.1) is 6.92 Å². The lowest BCUT2D eigenvalue weighted by molar-refractivity contribution is 0.638. The number of aromatic nitrogens is 2. The lowest BCUT2D eigenvalue weighted by Gasteiger charge is -2.08. The van der Waals surface area contributed by atoms with Crippen molar-refractivity contribution in [3.8, 4) is 0 Å². The monoisotopic (exact) mass is 222 g/mol. The van der Waals surface area contributed by atoms with Crippen LogP contribution in [0.1, 0.15) is 38.2 Å². The van der Waals surface area contributed by atoms with Crippen molar-refractivity contribution in [2.24, 2.45) is 5.73 Å². The Balaban J connectivity index is 2.44. The van der Waals surface area contributed by atoms with Crippen LogP contribution >= 0.6 is 0 Å². The van der Waals surface area contributed by atoms with Gasteiger partial charge in [-0.15, -0.1) is 0 Å². The van der Waals surface area contributed by atoms with E-state index >= 15 is 0 Å². The maximum Gasteiger partial charge on any atom is 0.129 e. The molecule has 0 radical (unpaired) electrons. The van der Waals surface area contributed by atoms with Crippen LogP contribution < -0.4 is 11.1 Å². The van der Waals surface area contributed by atoms with E-state index in [1.807, 2.05) is 19.9 Å². The third-order valence-corrected chi connectivity index (χ3v) is 2.40. The van der Waals surface area contributed by atoms with Crippen molar-refractivity contribution in [3.63, 3.8) is 0 Å². The molecule has 0 amide bonds. The predicted octanol–water partition coefficient (Wildman–Crippen LogP) is 1.89. The maximum absolute atomic E-state index is 5.69. The molecule has 4 nitrogen and oxygen atoms in total. The molecule has 0 aliphatic heterocycles. The zero-order chi connectivity index (χ0) is 12.0. The Morgan fingerprint density at radius 3 is 2.81 bits per heavy atom. The van der Waals surface area contributed by atoms with E-state index in [1.54, 1.807) is 0 Å². The molecular formula is C12H22N4. The number of hydrogen-bond acceptors (Lipinski definition) is 4. The first-order valence-corrected chi connectivity index (χ1v) is 5.95. The summed E-state index contributed by atoms with van der Waals surface area (Å²) in [6.07, 6.45) is 3.05. The molecule has 1 aromatic heterocycles. The smallest absolute Gasteiger partial charge is 0.129 e. The number of rotatable bonds is 6. The number of aryl methyl sites for hydroxylation is 2. The predicted molar refractivity (Wildman–Crippen MR) is 67.5 cm³/mol. The van der Waals surface area contributed by atoms with E-state index in [0.717, 1.165) is 43.1 Å². The van der Waals surface area contributed by atoms with Gasteiger partial charge in [-0.1, -0.05) is 6.92 Å². The SMILES string of the molecule is CCc1cc(NCCCC(C)N)nc(C)n1. The van der Waals surface area contributed by atoms with Gasteiger partial charge in [-0.05, 0) is 33.1 Å². The normalized spacial score (nSPS) is 12.5. The van der Waals surface area contributed by atoms with Crippen LogP contribution in [0.2, 0.25) is 0 Å². The minimum Gasteiger partial charge on any atom is -0.370 e. The lowest BCUT2D eigenvalue weighted by atomic mass is 10.2. The zero-order valence-electron chi connectivity index (χ0n) is 10.5. The van der Waals surface area contributed by atoms with Crippen LogP contribution in [0.15, 0.2) is 6.07 Å². The third kappa shape index (κ3) is 4.57. The number of nitrogens with two attached hydrogens (primary N) is 1. The van der Waals surface area contributed by atoms with Gasteiger partial charge in [0.15, 0.2) is 0 Å². The largest absolute Gasteiger partial charge is 0.370 e. The van der Waals surface area contributed by atoms with E-state index in [9.17, 15) is 0 Å². The highest BCUT2D eigenvalue weighted by molar-refractivity contribution is 5.35.